The summed E-state index contributed by atoms with van der Waals surface area (Å²) in [6.07, 6.45) is 5.81. The lowest BCUT2D eigenvalue weighted by molar-refractivity contribution is -0.122. The Labute approximate surface area is 142 Å². The summed E-state index contributed by atoms with van der Waals surface area (Å²) in [6, 6.07) is 3.95. The molecule has 3 rings (SSSR count). The van der Waals surface area contributed by atoms with Gasteiger partial charge in [-0.3, -0.25) is 14.4 Å². The summed E-state index contributed by atoms with van der Waals surface area (Å²) in [5.41, 5.74) is 1.21. The van der Waals surface area contributed by atoms with Crippen molar-refractivity contribution in [3.05, 3.63) is 41.6 Å². The molecule has 1 aliphatic heterocycles. The second kappa shape index (κ2) is 7.66. The molecular weight excluding hydrogens is 304 g/mol. The van der Waals surface area contributed by atoms with Gasteiger partial charge >= 0.3 is 0 Å². The van der Waals surface area contributed by atoms with Gasteiger partial charge in [0.1, 0.15) is 18.1 Å². The molecule has 130 valence electrons. The molecule has 0 aliphatic carbocycles. The molecule has 0 unspecified atom stereocenters. The molecule has 1 amide bonds. The Morgan fingerprint density at radius 2 is 2.33 bits per heavy atom. The van der Waals surface area contributed by atoms with E-state index in [1.807, 2.05) is 13.0 Å². The van der Waals surface area contributed by atoms with Crippen molar-refractivity contribution in [1.29, 1.82) is 0 Å². The van der Waals surface area contributed by atoms with Crippen molar-refractivity contribution in [1.82, 2.24) is 20.0 Å². The zero-order valence-corrected chi connectivity index (χ0v) is 14.5. The molecule has 1 N–H and O–H groups in total. The van der Waals surface area contributed by atoms with Crippen LogP contribution >= 0.6 is 0 Å². The molecule has 0 spiro atoms. The Morgan fingerprint density at radius 3 is 3.04 bits per heavy atom. The topological polar surface area (TPSA) is 63.3 Å². The van der Waals surface area contributed by atoms with E-state index >= 15 is 0 Å². The van der Waals surface area contributed by atoms with Crippen LogP contribution in [-0.4, -0.2) is 40.2 Å². The summed E-state index contributed by atoms with van der Waals surface area (Å²) in [5.74, 6) is 2.56. The van der Waals surface area contributed by atoms with Crippen LogP contribution in [-0.2, 0) is 17.9 Å². The number of hydrogen-bond donors (Lipinski definition) is 1. The van der Waals surface area contributed by atoms with Crippen molar-refractivity contribution < 1.29 is 9.21 Å². The van der Waals surface area contributed by atoms with E-state index < -0.39 is 0 Å². The number of nitrogens with one attached hydrogen (secondary N) is 1. The summed E-state index contributed by atoms with van der Waals surface area (Å²) in [4.78, 5) is 14.4. The fourth-order valence-corrected chi connectivity index (χ4v) is 3.26. The first-order valence-electron chi connectivity index (χ1n) is 8.62. The molecule has 6 heteroatoms. The monoisotopic (exact) mass is 330 g/mol. The van der Waals surface area contributed by atoms with Crippen LogP contribution in [0, 0.1) is 19.8 Å². The van der Waals surface area contributed by atoms with Crippen LogP contribution in [0.15, 0.2) is 28.9 Å². The van der Waals surface area contributed by atoms with Crippen LogP contribution in [0.4, 0.5) is 0 Å². The van der Waals surface area contributed by atoms with Gasteiger partial charge in [-0.15, -0.1) is 0 Å². The molecule has 2 aromatic heterocycles. The highest BCUT2D eigenvalue weighted by Crippen LogP contribution is 2.20. The maximum absolute atomic E-state index is 12.0. The normalized spacial score (nSPS) is 18.7. The molecule has 0 saturated carbocycles. The standard InChI is InChI=1S/C18H26N4O2/c1-14-9-17(24-15(14)2)12-21-7-3-5-16(11-21)10-19-18(23)13-22-8-4-6-20-22/h4,6,8-9,16H,3,5,7,10-13H2,1-2H3,(H,19,23)/t16-/m0/s1. The van der Waals surface area contributed by atoms with Crippen LogP contribution in [0.2, 0.25) is 0 Å². The number of rotatable bonds is 6. The maximum atomic E-state index is 12.0. The second-order valence-electron chi connectivity index (χ2n) is 6.70. The van der Waals surface area contributed by atoms with E-state index in [0.717, 1.165) is 44.1 Å². The van der Waals surface area contributed by atoms with E-state index in [-0.39, 0.29) is 12.5 Å². The number of nitrogens with zero attached hydrogens (tertiary/aromatic N) is 3. The van der Waals surface area contributed by atoms with Crippen molar-refractivity contribution >= 4 is 5.91 Å². The molecule has 0 radical (unpaired) electrons. The largest absolute Gasteiger partial charge is 0.465 e. The third-order valence-electron chi connectivity index (χ3n) is 4.65. The molecular formula is C18H26N4O2. The van der Waals surface area contributed by atoms with E-state index in [1.165, 1.54) is 12.0 Å². The highest BCUT2D eigenvalue weighted by Gasteiger charge is 2.21. The van der Waals surface area contributed by atoms with Crippen molar-refractivity contribution in [2.24, 2.45) is 5.92 Å². The summed E-state index contributed by atoms with van der Waals surface area (Å²) in [7, 11) is 0. The lowest BCUT2D eigenvalue weighted by Gasteiger charge is -2.32. The predicted octanol–water partition coefficient (Wildman–Crippen LogP) is 2.12. The minimum atomic E-state index is 0.0214. The molecule has 0 bridgehead atoms. The fraction of sp³-hybridized carbons (Fsp3) is 0.556. The van der Waals surface area contributed by atoms with E-state index in [0.29, 0.717) is 5.92 Å². The minimum Gasteiger partial charge on any atom is -0.465 e. The van der Waals surface area contributed by atoms with Crippen LogP contribution < -0.4 is 5.32 Å². The van der Waals surface area contributed by atoms with Gasteiger partial charge in [-0.2, -0.15) is 5.10 Å². The number of aromatic nitrogens is 2. The average molecular weight is 330 g/mol. The Bertz CT molecular complexity index is 643. The molecule has 1 aliphatic rings. The number of amides is 1. The third-order valence-corrected chi connectivity index (χ3v) is 4.65. The van der Waals surface area contributed by atoms with Crippen molar-refractivity contribution in [3.63, 3.8) is 0 Å². The lowest BCUT2D eigenvalue weighted by atomic mass is 9.98. The molecule has 1 atom stereocenters. The van der Waals surface area contributed by atoms with Gasteiger partial charge in [0.2, 0.25) is 5.91 Å². The fourth-order valence-electron chi connectivity index (χ4n) is 3.26. The van der Waals surface area contributed by atoms with Gasteiger partial charge in [-0.1, -0.05) is 0 Å². The third kappa shape index (κ3) is 4.47. The van der Waals surface area contributed by atoms with Crippen molar-refractivity contribution in [2.75, 3.05) is 19.6 Å². The van der Waals surface area contributed by atoms with Crippen LogP contribution in [0.1, 0.15) is 29.9 Å². The SMILES string of the molecule is Cc1cc(CN2CCC[C@@H](CNC(=O)Cn3cccn3)C2)oc1C. The van der Waals surface area contributed by atoms with Gasteiger partial charge in [0, 0.05) is 25.5 Å². The Morgan fingerprint density at radius 1 is 1.46 bits per heavy atom. The van der Waals surface area contributed by atoms with Gasteiger partial charge in [0.05, 0.1) is 6.54 Å². The Balaban J connectivity index is 1.44. The number of carbonyl (C=O) groups excluding carboxylic acids is 1. The predicted molar refractivity (Wildman–Crippen MR) is 91.4 cm³/mol. The summed E-state index contributed by atoms with van der Waals surface area (Å²) < 4.78 is 7.43. The summed E-state index contributed by atoms with van der Waals surface area (Å²) in [5, 5.41) is 7.09. The Kier molecular flexibility index (Phi) is 5.35. The van der Waals surface area contributed by atoms with Gasteiger partial charge in [-0.05, 0) is 56.8 Å². The average Bonchev–Trinajstić information content (AvgIpc) is 3.16. The van der Waals surface area contributed by atoms with Crippen molar-refractivity contribution in [2.45, 2.75) is 39.8 Å². The summed E-state index contributed by atoms with van der Waals surface area (Å²) >= 11 is 0. The molecule has 2 aromatic rings. The maximum Gasteiger partial charge on any atom is 0.241 e. The highest BCUT2D eigenvalue weighted by atomic mass is 16.3. The molecule has 0 aromatic carbocycles. The molecule has 24 heavy (non-hydrogen) atoms. The van der Waals surface area contributed by atoms with E-state index in [2.05, 4.69) is 28.3 Å². The lowest BCUT2D eigenvalue weighted by Crippen LogP contribution is -2.41. The zero-order chi connectivity index (χ0) is 16.9. The molecule has 3 heterocycles. The second-order valence-corrected chi connectivity index (χ2v) is 6.70. The first-order valence-corrected chi connectivity index (χ1v) is 8.62. The van der Waals surface area contributed by atoms with E-state index in [1.54, 1.807) is 17.1 Å². The first kappa shape index (κ1) is 16.8. The van der Waals surface area contributed by atoms with E-state index in [4.69, 9.17) is 4.42 Å². The number of hydrogen-bond acceptors (Lipinski definition) is 4. The number of furan rings is 1. The quantitative estimate of drug-likeness (QED) is 0.881. The van der Waals surface area contributed by atoms with Gasteiger partial charge in [-0.25, -0.2) is 0 Å². The number of piperidine rings is 1. The molecule has 6 nitrogen and oxygen atoms in total. The number of carbonyl (C=O) groups is 1. The first-order chi connectivity index (χ1) is 11.6. The molecule has 1 saturated heterocycles. The van der Waals surface area contributed by atoms with Crippen LogP contribution in [0.3, 0.4) is 0 Å². The Hall–Kier alpha value is -2.08. The van der Waals surface area contributed by atoms with Crippen molar-refractivity contribution in [3.8, 4) is 0 Å². The van der Waals surface area contributed by atoms with Gasteiger partial charge in [0.15, 0.2) is 0 Å². The number of aryl methyl sites for hydroxylation is 2. The van der Waals surface area contributed by atoms with Gasteiger partial charge < -0.3 is 9.73 Å². The zero-order valence-electron chi connectivity index (χ0n) is 14.5. The van der Waals surface area contributed by atoms with Crippen LogP contribution in [0.5, 0.6) is 0 Å². The van der Waals surface area contributed by atoms with E-state index in [9.17, 15) is 4.79 Å². The minimum absolute atomic E-state index is 0.0214. The van der Waals surface area contributed by atoms with Gasteiger partial charge in [0.25, 0.3) is 0 Å². The molecule has 1 fully saturated rings. The number of likely N-dealkylation sites (tertiary alicyclic amines) is 1. The summed E-state index contributed by atoms with van der Waals surface area (Å²) in [6.45, 7) is 8.05. The highest BCUT2D eigenvalue weighted by molar-refractivity contribution is 5.75. The van der Waals surface area contributed by atoms with Crippen LogP contribution in [0.25, 0.3) is 0 Å². The smallest absolute Gasteiger partial charge is 0.241 e.